The molecule has 6 nitrogen and oxygen atoms in total. The van der Waals surface area contributed by atoms with Crippen LogP contribution in [0.2, 0.25) is 0 Å². The van der Waals surface area contributed by atoms with E-state index in [0.29, 0.717) is 10.2 Å². The SMILES string of the molecule is COc1ccc(-c2cc3ncn(CC(=O)NC(C)(C)C)c(=O)c3s2)cc1. The number of fused-ring (bicyclic) bond motifs is 1. The van der Waals surface area contributed by atoms with E-state index in [4.69, 9.17) is 4.74 Å². The lowest BCUT2D eigenvalue weighted by Crippen LogP contribution is -2.43. The van der Waals surface area contributed by atoms with Gasteiger partial charge in [-0.15, -0.1) is 11.3 Å². The first-order valence-electron chi connectivity index (χ1n) is 8.21. The highest BCUT2D eigenvalue weighted by atomic mass is 32.1. The fourth-order valence-corrected chi connectivity index (χ4v) is 3.63. The van der Waals surface area contributed by atoms with Crippen LogP contribution >= 0.6 is 11.3 Å². The largest absolute Gasteiger partial charge is 0.497 e. The van der Waals surface area contributed by atoms with Crippen molar-refractivity contribution in [1.29, 1.82) is 0 Å². The number of nitrogens with one attached hydrogen (secondary N) is 1. The number of hydrogen-bond donors (Lipinski definition) is 1. The van der Waals surface area contributed by atoms with Crippen LogP contribution in [0.25, 0.3) is 20.7 Å². The molecular formula is C19H21N3O3S. The normalized spacial score (nSPS) is 11.5. The summed E-state index contributed by atoms with van der Waals surface area (Å²) in [5.74, 6) is 0.563. The molecule has 0 unspecified atom stereocenters. The van der Waals surface area contributed by atoms with E-state index in [1.54, 1.807) is 7.11 Å². The average molecular weight is 371 g/mol. The maximum atomic E-state index is 12.7. The number of hydrogen-bond acceptors (Lipinski definition) is 5. The molecule has 1 aromatic carbocycles. The zero-order valence-electron chi connectivity index (χ0n) is 15.2. The minimum Gasteiger partial charge on any atom is -0.497 e. The third-order valence-electron chi connectivity index (χ3n) is 3.71. The maximum absolute atomic E-state index is 12.7. The van der Waals surface area contributed by atoms with Gasteiger partial charge < -0.3 is 10.1 Å². The van der Waals surface area contributed by atoms with Crippen LogP contribution in [0.1, 0.15) is 20.8 Å². The molecule has 0 saturated carbocycles. The second-order valence-corrected chi connectivity index (χ2v) is 8.08. The minimum absolute atomic E-state index is 0.0468. The summed E-state index contributed by atoms with van der Waals surface area (Å²) >= 11 is 1.38. The molecule has 136 valence electrons. The van der Waals surface area contributed by atoms with Crippen molar-refractivity contribution < 1.29 is 9.53 Å². The number of carbonyl (C=O) groups excluding carboxylic acids is 1. The number of benzene rings is 1. The molecule has 0 spiro atoms. The molecule has 3 rings (SSSR count). The number of methoxy groups -OCH3 is 1. The summed E-state index contributed by atoms with van der Waals surface area (Å²) in [5, 5.41) is 2.85. The fourth-order valence-electron chi connectivity index (χ4n) is 2.57. The third kappa shape index (κ3) is 3.94. The van der Waals surface area contributed by atoms with Crippen LogP contribution in [-0.2, 0) is 11.3 Å². The number of nitrogens with zero attached hydrogens (tertiary/aromatic N) is 2. The molecule has 0 fully saturated rings. The van der Waals surface area contributed by atoms with Gasteiger partial charge in [-0.05, 0) is 56.7 Å². The Bertz CT molecular complexity index is 998. The van der Waals surface area contributed by atoms with Crippen molar-refractivity contribution in [3.05, 3.63) is 47.0 Å². The second kappa shape index (κ2) is 6.92. The van der Waals surface area contributed by atoms with Crippen LogP contribution in [-0.4, -0.2) is 28.1 Å². The molecule has 0 aliphatic carbocycles. The highest BCUT2D eigenvalue weighted by molar-refractivity contribution is 7.22. The first kappa shape index (κ1) is 18.1. The Balaban J connectivity index is 1.91. The quantitative estimate of drug-likeness (QED) is 0.765. The number of amides is 1. The van der Waals surface area contributed by atoms with Crippen molar-refractivity contribution in [1.82, 2.24) is 14.9 Å². The van der Waals surface area contributed by atoms with E-state index in [0.717, 1.165) is 16.2 Å². The van der Waals surface area contributed by atoms with Gasteiger partial charge in [0.2, 0.25) is 5.91 Å². The van der Waals surface area contributed by atoms with E-state index in [2.05, 4.69) is 10.3 Å². The van der Waals surface area contributed by atoms with Crippen LogP contribution in [0.4, 0.5) is 0 Å². The molecule has 0 aliphatic heterocycles. The number of thiophene rings is 1. The zero-order chi connectivity index (χ0) is 18.9. The lowest BCUT2D eigenvalue weighted by atomic mass is 10.1. The average Bonchev–Trinajstić information content (AvgIpc) is 3.01. The van der Waals surface area contributed by atoms with Crippen molar-refractivity contribution in [2.75, 3.05) is 7.11 Å². The summed E-state index contributed by atoms with van der Waals surface area (Å²) in [4.78, 5) is 30.1. The molecule has 2 heterocycles. The van der Waals surface area contributed by atoms with Gasteiger partial charge in [0.25, 0.3) is 5.56 Å². The van der Waals surface area contributed by atoms with Gasteiger partial charge in [-0.2, -0.15) is 0 Å². The third-order valence-corrected chi connectivity index (χ3v) is 4.87. The first-order valence-corrected chi connectivity index (χ1v) is 9.03. The molecule has 1 amide bonds. The molecule has 26 heavy (non-hydrogen) atoms. The van der Waals surface area contributed by atoms with Gasteiger partial charge in [0.15, 0.2) is 0 Å². The summed E-state index contributed by atoms with van der Waals surface area (Å²) < 4.78 is 7.06. The van der Waals surface area contributed by atoms with Crippen molar-refractivity contribution in [3.63, 3.8) is 0 Å². The zero-order valence-corrected chi connectivity index (χ0v) is 16.0. The molecule has 0 saturated heterocycles. The van der Waals surface area contributed by atoms with Crippen molar-refractivity contribution in [2.45, 2.75) is 32.9 Å². The van der Waals surface area contributed by atoms with E-state index in [-0.39, 0.29) is 23.6 Å². The highest BCUT2D eigenvalue weighted by Gasteiger charge is 2.16. The van der Waals surface area contributed by atoms with E-state index in [9.17, 15) is 9.59 Å². The monoisotopic (exact) mass is 371 g/mol. The van der Waals surface area contributed by atoms with Gasteiger partial charge >= 0.3 is 0 Å². The number of aromatic nitrogens is 2. The first-order chi connectivity index (χ1) is 12.3. The predicted octanol–water partition coefficient (Wildman–Crippen LogP) is 3.05. The van der Waals surface area contributed by atoms with Gasteiger partial charge in [-0.1, -0.05) is 0 Å². The number of carbonyl (C=O) groups is 1. The van der Waals surface area contributed by atoms with Crippen molar-refractivity contribution in [2.24, 2.45) is 0 Å². The summed E-state index contributed by atoms with van der Waals surface area (Å²) in [6.45, 7) is 5.65. The molecule has 0 atom stereocenters. The lowest BCUT2D eigenvalue weighted by Gasteiger charge is -2.20. The number of rotatable bonds is 4. The minimum atomic E-state index is -0.345. The van der Waals surface area contributed by atoms with E-state index >= 15 is 0 Å². The van der Waals surface area contributed by atoms with Crippen LogP contribution < -0.4 is 15.6 Å². The van der Waals surface area contributed by atoms with E-state index < -0.39 is 0 Å². The fraction of sp³-hybridized carbons (Fsp3) is 0.316. The Morgan fingerprint density at radius 3 is 2.58 bits per heavy atom. The van der Waals surface area contributed by atoms with Gasteiger partial charge in [0.1, 0.15) is 17.0 Å². The molecule has 0 radical (unpaired) electrons. The summed E-state index contributed by atoms with van der Waals surface area (Å²) in [5.41, 5.74) is 1.08. The number of ether oxygens (including phenoxy) is 1. The topological polar surface area (TPSA) is 73.2 Å². The van der Waals surface area contributed by atoms with Crippen LogP contribution in [0, 0.1) is 0 Å². The molecule has 2 aromatic heterocycles. The summed E-state index contributed by atoms with van der Waals surface area (Å²) in [6.07, 6.45) is 1.43. The standard InChI is InChI=1S/C19H21N3O3S/c1-19(2,3)21-16(23)10-22-11-20-14-9-15(26-17(14)18(22)24)12-5-7-13(25-4)8-6-12/h5-9,11H,10H2,1-4H3,(H,21,23). The Labute approximate surface area is 155 Å². The second-order valence-electron chi connectivity index (χ2n) is 7.03. The van der Waals surface area contributed by atoms with Crippen molar-refractivity contribution in [3.8, 4) is 16.2 Å². The molecule has 1 N–H and O–H groups in total. The van der Waals surface area contributed by atoms with E-state index in [1.807, 2.05) is 51.1 Å². The van der Waals surface area contributed by atoms with Crippen LogP contribution in [0.3, 0.4) is 0 Å². The smallest absolute Gasteiger partial charge is 0.271 e. The Morgan fingerprint density at radius 1 is 1.27 bits per heavy atom. The predicted molar refractivity (Wildman–Crippen MR) is 104 cm³/mol. The molecular weight excluding hydrogens is 350 g/mol. The van der Waals surface area contributed by atoms with Crippen LogP contribution in [0.5, 0.6) is 5.75 Å². The Morgan fingerprint density at radius 2 is 1.96 bits per heavy atom. The summed E-state index contributed by atoms with van der Waals surface area (Å²) in [6, 6.07) is 9.53. The maximum Gasteiger partial charge on any atom is 0.271 e. The molecule has 0 bridgehead atoms. The molecule has 3 aromatic rings. The van der Waals surface area contributed by atoms with Gasteiger partial charge in [-0.3, -0.25) is 14.2 Å². The molecule has 0 aliphatic rings. The Kier molecular flexibility index (Phi) is 4.82. The lowest BCUT2D eigenvalue weighted by molar-refractivity contribution is -0.123. The van der Waals surface area contributed by atoms with Gasteiger partial charge in [0.05, 0.1) is 19.0 Å². The van der Waals surface area contributed by atoms with E-state index in [1.165, 1.54) is 22.2 Å². The van der Waals surface area contributed by atoms with Crippen molar-refractivity contribution >= 4 is 27.5 Å². The Hall–Kier alpha value is -2.67. The highest BCUT2D eigenvalue weighted by Crippen LogP contribution is 2.31. The van der Waals surface area contributed by atoms with Crippen LogP contribution in [0.15, 0.2) is 41.5 Å². The molecule has 7 heteroatoms. The summed E-state index contributed by atoms with van der Waals surface area (Å²) in [7, 11) is 1.62. The van der Waals surface area contributed by atoms with Gasteiger partial charge in [-0.25, -0.2) is 4.98 Å². The van der Waals surface area contributed by atoms with Gasteiger partial charge in [0, 0.05) is 10.4 Å².